The number of aliphatic hydroxyl groups excluding tert-OH is 1. The van der Waals surface area contributed by atoms with Crippen LogP contribution in [0, 0.1) is 0 Å². The molecule has 0 atom stereocenters. The van der Waals surface area contributed by atoms with Gasteiger partial charge in [-0.1, -0.05) is 0 Å². The second-order valence-electron chi connectivity index (χ2n) is 4.98. The van der Waals surface area contributed by atoms with E-state index in [0.717, 1.165) is 6.07 Å². The van der Waals surface area contributed by atoms with Crippen LogP contribution in [0.2, 0.25) is 0 Å². The summed E-state index contributed by atoms with van der Waals surface area (Å²) in [5.74, 6) is 0. The predicted octanol–water partition coefficient (Wildman–Crippen LogP) is 2.24. The lowest BCUT2D eigenvalue weighted by Gasteiger charge is -2.38. The first-order chi connectivity index (χ1) is 9.36. The first-order valence-corrected chi connectivity index (χ1v) is 6.30. The Hall–Kier alpha value is -1.47. The molecule has 0 aromatic heterocycles. The van der Waals surface area contributed by atoms with Gasteiger partial charge in [-0.3, -0.25) is 0 Å². The third kappa shape index (κ3) is 3.16. The Morgan fingerprint density at radius 1 is 1.30 bits per heavy atom. The van der Waals surface area contributed by atoms with Crippen LogP contribution >= 0.6 is 0 Å². The van der Waals surface area contributed by atoms with E-state index in [0.29, 0.717) is 26.1 Å². The van der Waals surface area contributed by atoms with E-state index in [-0.39, 0.29) is 18.0 Å². The van der Waals surface area contributed by atoms with Crippen molar-refractivity contribution in [3.05, 3.63) is 23.8 Å². The highest BCUT2D eigenvalue weighted by Crippen LogP contribution is 2.38. The largest absolute Gasteiger partial charge is 0.418 e. The number of hydrogen-bond donors (Lipinski definition) is 3. The van der Waals surface area contributed by atoms with Gasteiger partial charge in [-0.15, -0.1) is 0 Å². The molecule has 0 unspecified atom stereocenters. The summed E-state index contributed by atoms with van der Waals surface area (Å²) in [5.41, 5.74) is 3.80. The van der Waals surface area contributed by atoms with Crippen molar-refractivity contribution in [2.75, 3.05) is 30.9 Å². The quantitative estimate of drug-likeness (QED) is 0.747. The van der Waals surface area contributed by atoms with Gasteiger partial charge in [-0.25, -0.2) is 0 Å². The third-order valence-corrected chi connectivity index (χ3v) is 3.50. The van der Waals surface area contributed by atoms with Crippen LogP contribution in [0.4, 0.5) is 24.5 Å². The van der Waals surface area contributed by atoms with E-state index in [1.165, 1.54) is 12.1 Å². The number of rotatable bonds is 3. The van der Waals surface area contributed by atoms with Gasteiger partial charge in [0.2, 0.25) is 0 Å². The van der Waals surface area contributed by atoms with Gasteiger partial charge in [0.05, 0.1) is 17.7 Å². The zero-order chi connectivity index (χ0) is 14.8. The van der Waals surface area contributed by atoms with Crippen molar-refractivity contribution in [1.82, 2.24) is 0 Å². The van der Waals surface area contributed by atoms with Crippen LogP contribution in [-0.2, 0) is 10.9 Å². The Balaban J connectivity index is 2.32. The normalized spacial score (nSPS) is 18.8. The van der Waals surface area contributed by atoms with Gasteiger partial charge in [-0.05, 0) is 31.0 Å². The van der Waals surface area contributed by atoms with Gasteiger partial charge in [0.25, 0.3) is 0 Å². The van der Waals surface area contributed by atoms with Crippen LogP contribution in [0.1, 0.15) is 18.4 Å². The summed E-state index contributed by atoms with van der Waals surface area (Å²) in [6.45, 7) is 0.561. The molecule has 0 saturated carbocycles. The fraction of sp³-hybridized carbons (Fsp3) is 0.538. The number of nitrogens with two attached hydrogens (primary N) is 1. The predicted molar refractivity (Wildman–Crippen MR) is 69.3 cm³/mol. The molecule has 0 radical (unpaired) electrons. The zero-order valence-electron chi connectivity index (χ0n) is 10.8. The molecule has 0 spiro atoms. The Labute approximate surface area is 114 Å². The SMILES string of the molecule is Nc1ccc(NC2(CO)CCOCC2)c(C(F)(F)F)c1. The highest BCUT2D eigenvalue weighted by molar-refractivity contribution is 5.60. The minimum absolute atomic E-state index is 0.0490. The minimum atomic E-state index is -4.50. The number of nitrogens with one attached hydrogen (secondary N) is 1. The number of alkyl halides is 3. The number of hydrogen-bond acceptors (Lipinski definition) is 4. The van der Waals surface area contributed by atoms with Crippen LogP contribution in [-0.4, -0.2) is 30.5 Å². The Morgan fingerprint density at radius 2 is 1.95 bits per heavy atom. The first kappa shape index (κ1) is 14.9. The molecule has 0 bridgehead atoms. The van der Waals surface area contributed by atoms with E-state index in [1.54, 1.807) is 0 Å². The van der Waals surface area contributed by atoms with Crippen molar-refractivity contribution in [3.8, 4) is 0 Å². The molecule has 1 aliphatic rings. The summed E-state index contributed by atoms with van der Waals surface area (Å²) in [4.78, 5) is 0. The van der Waals surface area contributed by atoms with Gasteiger partial charge >= 0.3 is 6.18 Å². The van der Waals surface area contributed by atoms with Crippen molar-refractivity contribution < 1.29 is 23.0 Å². The minimum Gasteiger partial charge on any atom is -0.399 e. The maximum absolute atomic E-state index is 13.0. The zero-order valence-corrected chi connectivity index (χ0v) is 10.8. The lowest BCUT2D eigenvalue weighted by molar-refractivity contribution is -0.137. The second-order valence-corrected chi connectivity index (χ2v) is 4.98. The van der Waals surface area contributed by atoms with E-state index in [1.807, 2.05) is 0 Å². The monoisotopic (exact) mass is 290 g/mol. The van der Waals surface area contributed by atoms with Crippen molar-refractivity contribution in [2.24, 2.45) is 0 Å². The molecule has 1 fully saturated rings. The molecular weight excluding hydrogens is 273 g/mol. The molecule has 4 N–H and O–H groups in total. The van der Waals surface area contributed by atoms with Gasteiger partial charge < -0.3 is 20.9 Å². The Kier molecular flexibility index (Phi) is 4.10. The van der Waals surface area contributed by atoms with Crippen LogP contribution in [0.3, 0.4) is 0 Å². The van der Waals surface area contributed by atoms with Gasteiger partial charge in [0.15, 0.2) is 0 Å². The maximum Gasteiger partial charge on any atom is 0.418 e. The molecule has 112 valence electrons. The average molecular weight is 290 g/mol. The number of nitrogen functional groups attached to an aromatic ring is 1. The van der Waals surface area contributed by atoms with E-state index < -0.39 is 17.3 Å². The lowest BCUT2D eigenvalue weighted by Crippen LogP contribution is -2.47. The number of anilines is 2. The van der Waals surface area contributed by atoms with E-state index in [9.17, 15) is 18.3 Å². The topological polar surface area (TPSA) is 67.5 Å². The Bertz CT molecular complexity index is 471. The summed E-state index contributed by atoms with van der Waals surface area (Å²) < 4.78 is 44.3. The molecule has 4 nitrogen and oxygen atoms in total. The average Bonchev–Trinajstić information content (AvgIpc) is 2.41. The fourth-order valence-electron chi connectivity index (χ4n) is 2.28. The molecule has 20 heavy (non-hydrogen) atoms. The number of benzene rings is 1. The van der Waals surface area contributed by atoms with Crippen molar-refractivity contribution in [3.63, 3.8) is 0 Å². The number of aliphatic hydroxyl groups is 1. The standard InChI is InChI=1S/C13H17F3N2O2/c14-13(15,16)10-7-9(17)1-2-11(10)18-12(8-19)3-5-20-6-4-12/h1-2,7,18-19H,3-6,8,17H2. The van der Waals surface area contributed by atoms with Gasteiger partial charge in [0.1, 0.15) is 0 Å². The molecule has 1 aromatic rings. The van der Waals surface area contributed by atoms with Crippen LogP contribution in [0.15, 0.2) is 18.2 Å². The molecular formula is C13H17F3N2O2. The van der Waals surface area contributed by atoms with Crippen LogP contribution < -0.4 is 11.1 Å². The molecule has 1 saturated heterocycles. The molecule has 2 rings (SSSR count). The number of ether oxygens (including phenoxy) is 1. The van der Waals surface area contributed by atoms with Gasteiger partial charge in [0, 0.05) is 24.6 Å². The van der Waals surface area contributed by atoms with Crippen molar-refractivity contribution >= 4 is 11.4 Å². The third-order valence-electron chi connectivity index (χ3n) is 3.50. The van der Waals surface area contributed by atoms with Crippen molar-refractivity contribution in [1.29, 1.82) is 0 Å². The molecule has 0 amide bonds. The summed E-state index contributed by atoms with van der Waals surface area (Å²) >= 11 is 0. The van der Waals surface area contributed by atoms with E-state index in [4.69, 9.17) is 10.5 Å². The summed E-state index contributed by atoms with van der Waals surface area (Å²) in [5, 5.41) is 12.4. The molecule has 0 aliphatic carbocycles. The smallest absolute Gasteiger partial charge is 0.399 e. The van der Waals surface area contributed by atoms with Crippen LogP contribution in [0.5, 0.6) is 0 Å². The fourth-order valence-corrected chi connectivity index (χ4v) is 2.28. The summed E-state index contributed by atoms with van der Waals surface area (Å²) in [6, 6.07) is 3.60. The molecule has 1 heterocycles. The highest BCUT2D eigenvalue weighted by Gasteiger charge is 2.37. The van der Waals surface area contributed by atoms with E-state index in [2.05, 4.69) is 5.32 Å². The van der Waals surface area contributed by atoms with Crippen molar-refractivity contribution in [2.45, 2.75) is 24.6 Å². The molecule has 1 aliphatic heterocycles. The lowest BCUT2D eigenvalue weighted by atomic mass is 9.90. The maximum atomic E-state index is 13.0. The number of halogens is 3. The first-order valence-electron chi connectivity index (χ1n) is 6.30. The van der Waals surface area contributed by atoms with Crippen LogP contribution in [0.25, 0.3) is 0 Å². The summed E-state index contributed by atoms with van der Waals surface area (Å²) in [6.07, 6.45) is -3.60. The van der Waals surface area contributed by atoms with E-state index >= 15 is 0 Å². The summed E-state index contributed by atoms with van der Waals surface area (Å²) in [7, 11) is 0. The Morgan fingerprint density at radius 3 is 2.50 bits per heavy atom. The second kappa shape index (κ2) is 5.49. The molecule has 1 aromatic carbocycles. The molecule has 7 heteroatoms. The van der Waals surface area contributed by atoms with Gasteiger partial charge in [-0.2, -0.15) is 13.2 Å². The highest BCUT2D eigenvalue weighted by atomic mass is 19.4.